The van der Waals surface area contributed by atoms with Crippen molar-refractivity contribution in [3.8, 4) is 17.0 Å². The first kappa shape index (κ1) is 28.4. The number of carbonyl (C=O) groups excluding carboxylic acids is 1. The molecule has 2 aliphatic heterocycles. The minimum Gasteiger partial charge on any atom is -0.497 e. The van der Waals surface area contributed by atoms with Crippen LogP contribution in [0, 0.1) is 5.82 Å². The fraction of sp³-hybridized carbons (Fsp3) is 0.273. The average molecular weight is 581 g/mol. The van der Waals surface area contributed by atoms with Crippen molar-refractivity contribution >= 4 is 23.3 Å². The van der Waals surface area contributed by atoms with Gasteiger partial charge in [-0.3, -0.25) is 14.7 Å². The number of fused-ring (bicyclic) bond motifs is 3. The molecule has 1 aromatic heterocycles. The van der Waals surface area contributed by atoms with E-state index in [0.29, 0.717) is 46.3 Å². The molecule has 1 amide bonds. The molecule has 3 aromatic carbocycles. The number of aromatic nitrogens is 2. The molecule has 43 heavy (non-hydrogen) atoms. The van der Waals surface area contributed by atoms with E-state index in [-0.39, 0.29) is 18.3 Å². The van der Waals surface area contributed by atoms with Gasteiger partial charge in [0.05, 0.1) is 38.3 Å². The predicted molar refractivity (Wildman–Crippen MR) is 164 cm³/mol. The van der Waals surface area contributed by atoms with Crippen LogP contribution < -0.4 is 15.4 Å². The van der Waals surface area contributed by atoms with Gasteiger partial charge in [-0.2, -0.15) is 0 Å². The minimum absolute atomic E-state index is 0.190. The molecule has 6 rings (SSSR count). The summed E-state index contributed by atoms with van der Waals surface area (Å²) in [5.74, 6) is 0.530. The van der Waals surface area contributed by atoms with Gasteiger partial charge >= 0.3 is 0 Å². The van der Waals surface area contributed by atoms with Gasteiger partial charge in [0.1, 0.15) is 11.6 Å². The van der Waals surface area contributed by atoms with E-state index in [1.54, 1.807) is 43.6 Å². The lowest BCUT2D eigenvalue weighted by Gasteiger charge is -2.26. The van der Waals surface area contributed by atoms with Crippen LogP contribution in [0.4, 0.5) is 16.0 Å². The molecule has 2 N–H and O–H groups in total. The summed E-state index contributed by atoms with van der Waals surface area (Å²) in [5, 5.41) is 6.27. The molecule has 0 bridgehead atoms. The van der Waals surface area contributed by atoms with E-state index in [1.165, 1.54) is 6.07 Å². The Morgan fingerprint density at radius 2 is 1.88 bits per heavy atom. The van der Waals surface area contributed by atoms with Crippen LogP contribution in [0.25, 0.3) is 11.3 Å². The van der Waals surface area contributed by atoms with E-state index in [0.717, 1.165) is 56.1 Å². The fourth-order valence-electron chi connectivity index (χ4n) is 5.30. The van der Waals surface area contributed by atoms with Crippen LogP contribution in [0.1, 0.15) is 33.5 Å². The Morgan fingerprint density at radius 1 is 1.02 bits per heavy atom. The Hall–Kier alpha value is -4.67. The molecule has 0 unspecified atom stereocenters. The topological polar surface area (TPSA) is 101 Å². The van der Waals surface area contributed by atoms with E-state index < -0.39 is 0 Å². The standard InChI is InChI=1S/C33H33FN6O3/c1-42-25-7-4-6-24(19-25)38-33-37-21-23-20-36-31(27-8-2-3-9-29(27)34)28-18-22(10-11-26(28)30(23)39-33)32(41)35-12-5-13-40-14-16-43-17-15-40/h2-4,6-11,18-19,21H,5,12-17,20H2,1H3,(H,35,41)(H,37,38,39). The minimum atomic E-state index is -0.386. The number of amides is 1. The van der Waals surface area contributed by atoms with Gasteiger partial charge in [-0.1, -0.05) is 24.3 Å². The van der Waals surface area contributed by atoms with Gasteiger partial charge in [0, 0.05) is 65.4 Å². The van der Waals surface area contributed by atoms with Crippen molar-refractivity contribution < 1.29 is 18.7 Å². The van der Waals surface area contributed by atoms with E-state index in [2.05, 4.69) is 20.5 Å². The van der Waals surface area contributed by atoms with Gasteiger partial charge in [-0.05, 0) is 49.4 Å². The second-order valence-corrected chi connectivity index (χ2v) is 10.4. The summed E-state index contributed by atoms with van der Waals surface area (Å²) in [6.45, 7) is 5.05. The summed E-state index contributed by atoms with van der Waals surface area (Å²) >= 11 is 0. The van der Waals surface area contributed by atoms with Crippen LogP contribution in [0.2, 0.25) is 0 Å². The number of rotatable bonds is 9. The highest BCUT2D eigenvalue weighted by atomic mass is 19.1. The second-order valence-electron chi connectivity index (χ2n) is 10.4. The van der Waals surface area contributed by atoms with Crippen LogP contribution in [-0.2, 0) is 11.3 Å². The number of methoxy groups -OCH3 is 1. The number of hydrogen-bond donors (Lipinski definition) is 2. The van der Waals surface area contributed by atoms with Crippen LogP contribution >= 0.6 is 0 Å². The Kier molecular flexibility index (Phi) is 8.67. The molecule has 0 atom stereocenters. The molecule has 2 aliphatic rings. The highest BCUT2D eigenvalue weighted by molar-refractivity contribution is 6.17. The summed E-state index contributed by atoms with van der Waals surface area (Å²) in [6, 6.07) is 19.5. The fourth-order valence-corrected chi connectivity index (χ4v) is 5.30. The average Bonchev–Trinajstić information content (AvgIpc) is 3.20. The summed E-state index contributed by atoms with van der Waals surface area (Å²) in [7, 11) is 1.61. The summed E-state index contributed by atoms with van der Waals surface area (Å²) < 4.78 is 25.8. The van der Waals surface area contributed by atoms with Crippen LogP contribution in [0.15, 0.2) is 77.9 Å². The maximum atomic E-state index is 15.1. The zero-order valence-corrected chi connectivity index (χ0v) is 24.0. The lowest BCUT2D eigenvalue weighted by molar-refractivity contribution is 0.0374. The monoisotopic (exact) mass is 580 g/mol. The number of hydrogen-bond acceptors (Lipinski definition) is 8. The van der Waals surface area contributed by atoms with Crippen molar-refractivity contribution in [2.24, 2.45) is 4.99 Å². The first-order valence-corrected chi connectivity index (χ1v) is 14.4. The number of ether oxygens (including phenoxy) is 2. The summed E-state index contributed by atoms with van der Waals surface area (Å²) in [4.78, 5) is 29.7. The Bertz CT molecular complexity index is 1650. The van der Waals surface area contributed by atoms with Gasteiger partial charge < -0.3 is 20.1 Å². The molecule has 0 aliphatic carbocycles. The highest BCUT2D eigenvalue weighted by Crippen LogP contribution is 2.33. The van der Waals surface area contributed by atoms with Crippen molar-refractivity contribution in [3.05, 3.63) is 101 Å². The number of benzene rings is 3. The molecular formula is C33H33FN6O3. The SMILES string of the molecule is COc1cccc(Nc2ncc3c(n2)-c2ccc(C(=O)NCCCN4CCOCC4)cc2C(c2ccccc2F)=NC3)c1. The van der Waals surface area contributed by atoms with Gasteiger partial charge in [-0.25, -0.2) is 14.4 Å². The number of anilines is 2. The Balaban J connectivity index is 1.30. The first-order valence-electron chi connectivity index (χ1n) is 14.4. The van der Waals surface area contributed by atoms with E-state index >= 15 is 4.39 Å². The van der Waals surface area contributed by atoms with Gasteiger partial charge in [-0.15, -0.1) is 0 Å². The third-order valence-corrected chi connectivity index (χ3v) is 7.56. The van der Waals surface area contributed by atoms with Gasteiger partial charge in [0.2, 0.25) is 5.95 Å². The van der Waals surface area contributed by atoms with Crippen LogP contribution in [0.3, 0.4) is 0 Å². The maximum Gasteiger partial charge on any atom is 0.251 e. The zero-order chi connectivity index (χ0) is 29.6. The van der Waals surface area contributed by atoms with Crippen LogP contribution in [0.5, 0.6) is 5.75 Å². The zero-order valence-electron chi connectivity index (χ0n) is 24.0. The number of aliphatic imine (C=N–C) groups is 1. The number of nitrogens with zero attached hydrogens (tertiary/aromatic N) is 4. The predicted octanol–water partition coefficient (Wildman–Crippen LogP) is 4.84. The Labute approximate surface area is 249 Å². The largest absolute Gasteiger partial charge is 0.497 e. The smallest absolute Gasteiger partial charge is 0.251 e. The number of nitrogens with one attached hydrogen (secondary N) is 2. The van der Waals surface area contributed by atoms with E-state index in [4.69, 9.17) is 19.5 Å². The third-order valence-electron chi connectivity index (χ3n) is 7.56. The van der Waals surface area contributed by atoms with Gasteiger partial charge in [0.25, 0.3) is 5.91 Å². The number of halogens is 1. The lowest BCUT2D eigenvalue weighted by Crippen LogP contribution is -2.38. The highest BCUT2D eigenvalue weighted by Gasteiger charge is 2.24. The van der Waals surface area contributed by atoms with Crippen molar-refractivity contribution in [2.45, 2.75) is 13.0 Å². The molecule has 3 heterocycles. The van der Waals surface area contributed by atoms with Crippen molar-refractivity contribution in [3.63, 3.8) is 0 Å². The van der Waals surface area contributed by atoms with Crippen molar-refractivity contribution in [2.75, 3.05) is 51.8 Å². The number of carbonyl (C=O) groups is 1. The molecular weight excluding hydrogens is 547 g/mol. The molecule has 1 saturated heterocycles. The van der Waals surface area contributed by atoms with Crippen LogP contribution in [-0.4, -0.2) is 73.0 Å². The van der Waals surface area contributed by atoms with Crippen molar-refractivity contribution in [1.82, 2.24) is 20.2 Å². The molecule has 4 aromatic rings. The maximum absolute atomic E-state index is 15.1. The normalized spacial score (nSPS) is 14.6. The van der Waals surface area contributed by atoms with E-state index in [1.807, 2.05) is 30.3 Å². The third kappa shape index (κ3) is 6.55. The second kappa shape index (κ2) is 13.1. The van der Waals surface area contributed by atoms with Gasteiger partial charge in [0.15, 0.2) is 0 Å². The Morgan fingerprint density at radius 3 is 2.72 bits per heavy atom. The molecule has 10 heteroatoms. The summed E-state index contributed by atoms with van der Waals surface area (Å²) in [6.07, 6.45) is 2.57. The number of morpholine rings is 1. The molecule has 0 saturated carbocycles. The van der Waals surface area contributed by atoms with Crippen molar-refractivity contribution in [1.29, 1.82) is 0 Å². The molecule has 0 radical (unpaired) electrons. The van der Waals surface area contributed by atoms with E-state index in [9.17, 15) is 4.79 Å². The molecule has 0 spiro atoms. The lowest BCUT2D eigenvalue weighted by atomic mass is 9.93. The first-order chi connectivity index (χ1) is 21.1. The molecule has 9 nitrogen and oxygen atoms in total. The molecule has 220 valence electrons. The quantitative estimate of drug-likeness (QED) is 0.273. The molecule has 1 fully saturated rings. The summed E-state index contributed by atoms with van der Waals surface area (Å²) in [5.41, 5.74) is 4.92.